The second-order valence-electron chi connectivity index (χ2n) is 4.29. The van der Waals surface area contributed by atoms with E-state index in [1.807, 2.05) is 50.1 Å². The van der Waals surface area contributed by atoms with Crippen molar-refractivity contribution in [2.45, 2.75) is 13.8 Å². The van der Waals surface area contributed by atoms with Crippen LogP contribution in [-0.4, -0.2) is 15.9 Å². The summed E-state index contributed by atoms with van der Waals surface area (Å²) in [6.45, 7) is 3.94. The molecule has 88 valence electrons. The molecule has 0 aliphatic rings. The highest BCUT2D eigenvalue weighted by Crippen LogP contribution is 2.20. The minimum atomic E-state index is 0.303. The van der Waals surface area contributed by atoms with Gasteiger partial charge in [-0.15, -0.1) is 0 Å². The summed E-state index contributed by atoms with van der Waals surface area (Å²) >= 11 is 0. The van der Waals surface area contributed by atoms with Crippen LogP contribution in [0.2, 0.25) is 0 Å². The predicted molar refractivity (Wildman–Crippen MR) is 70.2 cm³/mol. The van der Waals surface area contributed by atoms with Crippen molar-refractivity contribution in [2.24, 2.45) is 12.0 Å². The quantitative estimate of drug-likeness (QED) is 0.788. The first-order valence-electron chi connectivity index (χ1n) is 5.52. The minimum Gasteiger partial charge on any atom is -0.508 e. The summed E-state index contributed by atoms with van der Waals surface area (Å²) < 4.78 is 1.96. The van der Waals surface area contributed by atoms with Crippen LogP contribution in [0, 0.1) is 13.8 Å². The van der Waals surface area contributed by atoms with Gasteiger partial charge >= 0.3 is 0 Å². The molecule has 0 unspecified atom stereocenters. The number of phenolic OH excluding ortho intramolecular Hbond substituents is 1. The van der Waals surface area contributed by atoms with E-state index < -0.39 is 0 Å². The summed E-state index contributed by atoms with van der Waals surface area (Å²) in [5, 5.41) is 9.46. The molecule has 0 saturated heterocycles. The van der Waals surface area contributed by atoms with Crippen molar-refractivity contribution in [1.29, 1.82) is 0 Å². The van der Waals surface area contributed by atoms with Gasteiger partial charge in [0.1, 0.15) is 5.75 Å². The number of rotatable bonds is 2. The molecule has 3 heteroatoms. The van der Waals surface area contributed by atoms with Crippen molar-refractivity contribution in [3.05, 3.63) is 47.3 Å². The van der Waals surface area contributed by atoms with Crippen molar-refractivity contribution in [2.75, 3.05) is 0 Å². The fourth-order valence-electron chi connectivity index (χ4n) is 1.86. The van der Waals surface area contributed by atoms with Gasteiger partial charge in [0.05, 0.1) is 5.69 Å². The van der Waals surface area contributed by atoms with E-state index in [1.165, 1.54) is 0 Å². The number of hydrogen-bond acceptors (Lipinski definition) is 2. The van der Waals surface area contributed by atoms with E-state index >= 15 is 0 Å². The molecule has 0 fully saturated rings. The number of aromatic hydroxyl groups is 1. The van der Waals surface area contributed by atoms with Gasteiger partial charge in [-0.25, -0.2) is 0 Å². The molecule has 0 bridgehead atoms. The second-order valence-corrected chi connectivity index (χ2v) is 4.29. The number of benzene rings is 1. The van der Waals surface area contributed by atoms with E-state index in [1.54, 1.807) is 12.1 Å². The number of hydrogen-bond donors (Lipinski definition) is 1. The van der Waals surface area contributed by atoms with Crippen molar-refractivity contribution < 1.29 is 5.11 Å². The second kappa shape index (κ2) is 4.45. The first kappa shape index (κ1) is 11.5. The van der Waals surface area contributed by atoms with Crippen LogP contribution in [0.3, 0.4) is 0 Å². The van der Waals surface area contributed by atoms with Crippen LogP contribution in [0.5, 0.6) is 5.75 Å². The summed E-state index contributed by atoms with van der Waals surface area (Å²) in [5.74, 6) is 0.303. The van der Waals surface area contributed by atoms with Gasteiger partial charge in [-0.2, -0.15) is 0 Å². The lowest BCUT2D eigenvalue weighted by molar-refractivity contribution is 0.474. The first-order valence-corrected chi connectivity index (χ1v) is 5.52. The summed E-state index contributed by atoms with van der Waals surface area (Å²) in [5.41, 5.74) is 4.05. The number of phenols is 1. The number of nitrogens with zero attached hydrogens (tertiary/aromatic N) is 2. The molecule has 0 atom stereocenters. The van der Waals surface area contributed by atoms with Gasteiger partial charge in [-0.3, -0.25) is 4.99 Å². The molecule has 2 rings (SSSR count). The van der Waals surface area contributed by atoms with Gasteiger partial charge in [0.25, 0.3) is 0 Å². The Labute approximate surface area is 101 Å². The molecule has 0 spiro atoms. The molecule has 0 amide bonds. The number of aromatic nitrogens is 1. The van der Waals surface area contributed by atoms with Gasteiger partial charge in [0.15, 0.2) is 0 Å². The molecular weight excluding hydrogens is 212 g/mol. The monoisotopic (exact) mass is 228 g/mol. The van der Waals surface area contributed by atoms with Crippen LogP contribution in [0.25, 0.3) is 0 Å². The van der Waals surface area contributed by atoms with Crippen LogP contribution in [0.15, 0.2) is 35.6 Å². The molecule has 1 heterocycles. The fourth-order valence-corrected chi connectivity index (χ4v) is 1.86. The van der Waals surface area contributed by atoms with Gasteiger partial charge in [0.2, 0.25) is 0 Å². The van der Waals surface area contributed by atoms with E-state index in [4.69, 9.17) is 0 Å². The van der Waals surface area contributed by atoms with Crippen LogP contribution in [0.4, 0.5) is 5.69 Å². The largest absolute Gasteiger partial charge is 0.508 e. The highest BCUT2D eigenvalue weighted by molar-refractivity contribution is 5.86. The van der Waals surface area contributed by atoms with Gasteiger partial charge < -0.3 is 9.67 Å². The van der Waals surface area contributed by atoms with Crippen LogP contribution >= 0.6 is 0 Å². The molecule has 1 N–H and O–H groups in total. The first-order chi connectivity index (χ1) is 8.06. The minimum absolute atomic E-state index is 0.303. The highest BCUT2D eigenvalue weighted by Gasteiger charge is 2.02. The smallest absolute Gasteiger partial charge is 0.116 e. The lowest BCUT2D eigenvalue weighted by Crippen LogP contribution is -1.91. The molecular formula is C14H16N2O. The molecule has 1 aromatic carbocycles. The zero-order valence-electron chi connectivity index (χ0n) is 10.3. The Morgan fingerprint density at radius 2 is 1.88 bits per heavy atom. The van der Waals surface area contributed by atoms with Crippen molar-refractivity contribution in [3.63, 3.8) is 0 Å². The third-order valence-corrected chi connectivity index (χ3v) is 2.74. The molecule has 0 aliphatic carbocycles. The number of aliphatic imine (C=N–C) groups is 1. The average molecular weight is 228 g/mol. The highest BCUT2D eigenvalue weighted by atomic mass is 16.3. The lowest BCUT2D eigenvalue weighted by Gasteiger charge is -2.05. The van der Waals surface area contributed by atoms with Gasteiger partial charge in [-0.1, -0.05) is 0 Å². The van der Waals surface area contributed by atoms with Crippen molar-refractivity contribution in [3.8, 4) is 5.75 Å². The Bertz CT molecular complexity index is 544. The Hall–Kier alpha value is -2.03. The standard InChI is InChI=1S/C14H16N2O/c1-10-6-13(17)7-11(2)14(10)8-15-12-4-5-16(3)9-12/h4-9,17H,1-3H3/b15-8+. The number of aryl methyl sites for hydroxylation is 3. The normalized spacial score (nSPS) is 11.2. The Morgan fingerprint density at radius 3 is 2.41 bits per heavy atom. The molecule has 0 radical (unpaired) electrons. The molecule has 17 heavy (non-hydrogen) atoms. The molecule has 0 saturated carbocycles. The zero-order chi connectivity index (χ0) is 12.4. The maximum Gasteiger partial charge on any atom is 0.116 e. The van der Waals surface area contributed by atoms with E-state index in [2.05, 4.69) is 4.99 Å². The molecule has 1 aromatic heterocycles. The molecule has 3 nitrogen and oxygen atoms in total. The van der Waals surface area contributed by atoms with Gasteiger partial charge in [-0.05, 0) is 48.7 Å². The summed E-state index contributed by atoms with van der Waals surface area (Å²) in [6.07, 6.45) is 5.77. The predicted octanol–water partition coefficient (Wildman–Crippen LogP) is 3.10. The van der Waals surface area contributed by atoms with Crippen LogP contribution < -0.4 is 0 Å². The summed E-state index contributed by atoms with van der Waals surface area (Å²) in [6, 6.07) is 5.46. The summed E-state index contributed by atoms with van der Waals surface area (Å²) in [7, 11) is 1.97. The van der Waals surface area contributed by atoms with Crippen LogP contribution in [0.1, 0.15) is 16.7 Å². The van der Waals surface area contributed by atoms with Crippen molar-refractivity contribution >= 4 is 11.9 Å². The maximum absolute atomic E-state index is 9.46. The Balaban J connectivity index is 2.33. The van der Waals surface area contributed by atoms with E-state index in [0.717, 1.165) is 22.4 Å². The Morgan fingerprint density at radius 1 is 1.24 bits per heavy atom. The molecule has 0 aliphatic heterocycles. The topological polar surface area (TPSA) is 37.5 Å². The third-order valence-electron chi connectivity index (χ3n) is 2.74. The van der Waals surface area contributed by atoms with E-state index in [0.29, 0.717) is 5.75 Å². The van der Waals surface area contributed by atoms with Crippen LogP contribution in [-0.2, 0) is 7.05 Å². The zero-order valence-corrected chi connectivity index (χ0v) is 10.3. The maximum atomic E-state index is 9.46. The fraction of sp³-hybridized carbons (Fsp3) is 0.214. The lowest BCUT2D eigenvalue weighted by atomic mass is 10.0. The van der Waals surface area contributed by atoms with Crippen molar-refractivity contribution in [1.82, 2.24) is 4.57 Å². The summed E-state index contributed by atoms with van der Waals surface area (Å²) in [4.78, 5) is 4.42. The third kappa shape index (κ3) is 2.56. The van der Waals surface area contributed by atoms with E-state index in [-0.39, 0.29) is 0 Å². The SMILES string of the molecule is Cc1cc(O)cc(C)c1/C=N/c1ccn(C)c1. The van der Waals surface area contributed by atoms with Gasteiger partial charge in [0, 0.05) is 25.7 Å². The van der Waals surface area contributed by atoms with E-state index in [9.17, 15) is 5.11 Å². The Kier molecular flexibility index (Phi) is 3.00. The molecule has 2 aromatic rings. The average Bonchev–Trinajstić information content (AvgIpc) is 2.62.